The van der Waals surface area contributed by atoms with E-state index in [0.717, 1.165) is 32.4 Å². The fraction of sp³-hybridized carbons (Fsp3) is 1.00. The van der Waals surface area contributed by atoms with Crippen molar-refractivity contribution in [2.45, 2.75) is 58.6 Å². The summed E-state index contributed by atoms with van der Waals surface area (Å²) in [5.41, 5.74) is 0. The first kappa shape index (κ1) is 16.9. The van der Waals surface area contributed by atoms with Crippen molar-refractivity contribution in [1.82, 2.24) is 5.32 Å². The Morgan fingerprint density at radius 1 is 1.12 bits per heavy atom. The van der Waals surface area contributed by atoms with Crippen LogP contribution >= 0.6 is 0 Å². The molecule has 0 heterocycles. The smallest absolute Gasteiger partial charge is 0.155 e. The first-order valence-electron chi connectivity index (χ1n) is 6.63. The second kappa shape index (κ2) is 7.37. The molecule has 0 fully saturated rings. The average Bonchev–Trinajstić information content (AvgIpc) is 2.20. The van der Waals surface area contributed by atoms with Crippen molar-refractivity contribution >= 4 is 9.84 Å². The highest BCUT2D eigenvalue weighted by Crippen LogP contribution is 2.19. The molecule has 0 aromatic heterocycles. The number of nitrogens with one attached hydrogen (secondary N) is 1. The summed E-state index contributed by atoms with van der Waals surface area (Å²) in [5, 5.41) is 3.34. The summed E-state index contributed by atoms with van der Waals surface area (Å²) in [5.74, 6) is 0.780. The molecule has 0 aromatic rings. The van der Waals surface area contributed by atoms with Gasteiger partial charge in [-0.05, 0) is 59.0 Å². The molecule has 104 valence electrons. The maximum absolute atomic E-state index is 11.9. The zero-order valence-electron chi connectivity index (χ0n) is 12.0. The molecular formula is C13H29NO2S. The molecule has 0 spiro atoms. The number of rotatable bonds is 8. The summed E-state index contributed by atoms with van der Waals surface area (Å²) < 4.78 is 23.2. The van der Waals surface area contributed by atoms with Crippen molar-refractivity contribution in [1.29, 1.82) is 0 Å². The molecule has 0 aliphatic rings. The monoisotopic (exact) mass is 263 g/mol. The van der Waals surface area contributed by atoms with Crippen molar-refractivity contribution in [3.63, 3.8) is 0 Å². The van der Waals surface area contributed by atoms with Gasteiger partial charge in [0.25, 0.3) is 0 Å². The van der Waals surface area contributed by atoms with Crippen LogP contribution in [-0.4, -0.2) is 32.0 Å². The van der Waals surface area contributed by atoms with Gasteiger partial charge >= 0.3 is 0 Å². The molecule has 3 nitrogen and oxygen atoms in total. The molecular weight excluding hydrogens is 234 g/mol. The molecule has 0 bridgehead atoms. The predicted octanol–water partition coefficient (Wildman–Crippen LogP) is 2.62. The SMILES string of the molecule is CCCNCCC(C)CCS(=O)(=O)C(C)(C)C. The molecule has 0 saturated heterocycles. The molecule has 0 aromatic carbocycles. The van der Waals surface area contributed by atoms with E-state index >= 15 is 0 Å². The van der Waals surface area contributed by atoms with Crippen LogP contribution < -0.4 is 5.32 Å². The standard InChI is InChI=1S/C13H29NO2S/c1-6-9-14-10-7-12(2)8-11-17(15,16)13(3,4)5/h12,14H,6-11H2,1-5H3. The molecule has 1 N–H and O–H groups in total. The molecule has 1 atom stereocenters. The average molecular weight is 263 g/mol. The molecule has 0 amide bonds. The predicted molar refractivity (Wildman–Crippen MR) is 75.1 cm³/mol. The number of sulfone groups is 1. The van der Waals surface area contributed by atoms with Crippen molar-refractivity contribution in [3.8, 4) is 0 Å². The van der Waals surface area contributed by atoms with Crippen molar-refractivity contribution in [2.75, 3.05) is 18.8 Å². The zero-order valence-corrected chi connectivity index (χ0v) is 12.9. The molecule has 4 heteroatoms. The summed E-state index contributed by atoms with van der Waals surface area (Å²) in [6.07, 6.45) is 2.97. The quantitative estimate of drug-likeness (QED) is 0.685. The highest BCUT2D eigenvalue weighted by Gasteiger charge is 2.28. The molecule has 0 aliphatic carbocycles. The number of hydrogen-bond acceptors (Lipinski definition) is 3. The lowest BCUT2D eigenvalue weighted by molar-refractivity contribution is 0.480. The van der Waals surface area contributed by atoms with Crippen molar-refractivity contribution in [2.24, 2.45) is 5.92 Å². The second-order valence-corrected chi connectivity index (χ2v) is 8.73. The van der Waals surface area contributed by atoms with E-state index in [-0.39, 0.29) is 0 Å². The van der Waals surface area contributed by atoms with Crippen LogP contribution in [0.15, 0.2) is 0 Å². The Balaban J connectivity index is 3.88. The third-order valence-corrected chi connectivity index (χ3v) is 5.69. The normalized spacial score (nSPS) is 14.9. The van der Waals surface area contributed by atoms with Crippen molar-refractivity contribution < 1.29 is 8.42 Å². The van der Waals surface area contributed by atoms with Gasteiger partial charge in [-0.3, -0.25) is 0 Å². The molecule has 0 saturated carbocycles. The van der Waals surface area contributed by atoms with E-state index in [9.17, 15) is 8.42 Å². The van der Waals surface area contributed by atoms with E-state index in [1.807, 2.05) is 0 Å². The van der Waals surface area contributed by atoms with Gasteiger partial charge in [0.1, 0.15) is 0 Å². The Hall–Kier alpha value is -0.0900. The van der Waals surface area contributed by atoms with Gasteiger partial charge in [-0.2, -0.15) is 0 Å². The lowest BCUT2D eigenvalue weighted by Crippen LogP contribution is -2.31. The summed E-state index contributed by atoms with van der Waals surface area (Å²) in [6.45, 7) is 11.6. The van der Waals surface area contributed by atoms with E-state index < -0.39 is 14.6 Å². The molecule has 1 unspecified atom stereocenters. The van der Waals surface area contributed by atoms with Crippen LogP contribution in [0.2, 0.25) is 0 Å². The fourth-order valence-corrected chi connectivity index (χ4v) is 2.78. The minimum atomic E-state index is -2.95. The van der Waals surface area contributed by atoms with Crippen LogP contribution in [0.5, 0.6) is 0 Å². The van der Waals surface area contributed by atoms with Gasteiger partial charge in [0, 0.05) is 0 Å². The van der Waals surface area contributed by atoms with Crippen LogP contribution in [0.4, 0.5) is 0 Å². The third-order valence-electron chi connectivity index (χ3n) is 3.05. The van der Waals surface area contributed by atoms with Gasteiger partial charge in [-0.25, -0.2) is 8.42 Å². The van der Waals surface area contributed by atoms with Crippen LogP contribution in [-0.2, 0) is 9.84 Å². The second-order valence-electron chi connectivity index (χ2n) is 5.86. The van der Waals surface area contributed by atoms with E-state index in [2.05, 4.69) is 19.2 Å². The molecule has 17 heavy (non-hydrogen) atoms. The minimum Gasteiger partial charge on any atom is -0.317 e. The van der Waals surface area contributed by atoms with E-state index in [1.165, 1.54) is 0 Å². The summed E-state index contributed by atoms with van der Waals surface area (Å²) in [6, 6.07) is 0. The van der Waals surface area contributed by atoms with E-state index in [4.69, 9.17) is 0 Å². The largest absolute Gasteiger partial charge is 0.317 e. The third kappa shape index (κ3) is 7.04. The number of hydrogen-bond donors (Lipinski definition) is 1. The maximum Gasteiger partial charge on any atom is 0.155 e. The molecule has 0 rings (SSSR count). The minimum absolute atomic E-state index is 0.311. The fourth-order valence-electron chi connectivity index (χ4n) is 1.46. The lowest BCUT2D eigenvalue weighted by Gasteiger charge is -2.20. The summed E-state index contributed by atoms with van der Waals surface area (Å²) >= 11 is 0. The zero-order chi connectivity index (χ0) is 13.5. The topological polar surface area (TPSA) is 46.2 Å². The Kier molecular flexibility index (Phi) is 7.33. The highest BCUT2D eigenvalue weighted by atomic mass is 32.2. The Bertz CT molecular complexity index is 291. The van der Waals surface area contributed by atoms with Crippen molar-refractivity contribution in [3.05, 3.63) is 0 Å². The highest BCUT2D eigenvalue weighted by molar-refractivity contribution is 7.92. The lowest BCUT2D eigenvalue weighted by atomic mass is 10.1. The Morgan fingerprint density at radius 2 is 1.71 bits per heavy atom. The Labute approximate surface area is 107 Å². The van der Waals surface area contributed by atoms with Crippen LogP contribution in [0, 0.1) is 5.92 Å². The van der Waals surface area contributed by atoms with Crippen LogP contribution in [0.1, 0.15) is 53.9 Å². The van der Waals surface area contributed by atoms with Gasteiger partial charge in [-0.1, -0.05) is 13.8 Å². The van der Waals surface area contributed by atoms with E-state index in [0.29, 0.717) is 11.7 Å². The van der Waals surface area contributed by atoms with Gasteiger partial charge in [-0.15, -0.1) is 0 Å². The van der Waals surface area contributed by atoms with Gasteiger partial charge < -0.3 is 5.32 Å². The maximum atomic E-state index is 11.9. The first-order valence-corrected chi connectivity index (χ1v) is 8.29. The Morgan fingerprint density at radius 3 is 2.18 bits per heavy atom. The first-order chi connectivity index (χ1) is 7.70. The van der Waals surface area contributed by atoms with E-state index in [1.54, 1.807) is 20.8 Å². The molecule has 0 aliphatic heterocycles. The summed E-state index contributed by atoms with van der Waals surface area (Å²) in [4.78, 5) is 0. The van der Waals surface area contributed by atoms with Crippen LogP contribution in [0.3, 0.4) is 0 Å². The van der Waals surface area contributed by atoms with Gasteiger partial charge in [0.05, 0.1) is 10.5 Å². The van der Waals surface area contributed by atoms with Crippen LogP contribution in [0.25, 0.3) is 0 Å². The molecule has 0 radical (unpaired) electrons. The van der Waals surface area contributed by atoms with Gasteiger partial charge in [0.2, 0.25) is 0 Å². The van der Waals surface area contributed by atoms with Gasteiger partial charge in [0.15, 0.2) is 9.84 Å². The summed E-state index contributed by atoms with van der Waals surface area (Å²) in [7, 11) is -2.95.